The first-order valence-electron chi connectivity index (χ1n) is 4.63. The smallest absolute Gasteiger partial charge is 0.333 e. The molecular weight excluding hydrogens is 180 g/mol. The molecule has 0 spiro atoms. The van der Waals surface area contributed by atoms with Crippen molar-refractivity contribution in [3.63, 3.8) is 0 Å². The molecule has 74 valence electrons. The molecule has 2 rings (SSSR count). The third kappa shape index (κ3) is 1.30. The number of hydrogen-bond donors (Lipinski definition) is 2. The Morgan fingerprint density at radius 1 is 1.29 bits per heavy atom. The molecule has 1 fully saturated rings. The van der Waals surface area contributed by atoms with Crippen molar-refractivity contribution >= 4 is 5.97 Å². The van der Waals surface area contributed by atoms with E-state index in [1.165, 1.54) is 0 Å². The zero-order valence-corrected chi connectivity index (χ0v) is 7.68. The molecule has 3 heteroatoms. The van der Waals surface area contributed by atoms with Crippen LogP contribution in [-0.2, 0) is 10.2 Å². The topological polar surface area (TPSA) is 57.5 Å². The van der Waals surface area contributed by atoms with Crippen LogP contribution in [0.5, 0.6) is 0 Å². The van der Waals surface area contributed by atoms with Gasteiger partial charge in [-0.25, -0.2) is 4.79 Å². The summed E-state index contributed by atoms with van der Waals surface area (Å²) in [6.45, 7) is 0. The molecule has 1 aliphatic carbocycles. The van der Waals surface area contributed by atoms with Crippen LogP contribution in [0.15, 0.2) is 30.3 Å². The molecule has 1 aromatic rings. The number of aliphatic carboxylic acids is 1. The monoisotopic (exact) mass is 192 g/mol. The van der Waals surface area contributed by atoms with Crippen LogP contribution in [-0.4, -0.2) is 22.3 Å². The highest BCUT2D eigenvalue weighted by Gasteiger charge is 2.53. The SMILES string of the molecule is O=C(O)C(O)C1(c2ccccc2)CC1. The third-order valence-electron chi connectivity index (χ3n) is 2.89. The van der Waals surface area contributed by atoms with E-state index in [-0.39, 0.29) is 0 Å². The van der Waals surface area contributed by atoms with Crippen LogP contribution >= 0.6 is 0 Å². The molecule has 0 saturated heterocycles. The number of aliphatic hydroxyl groups is 1. The first kappa shape index (κ1) is 9.21. The Morgan fingerprint density at radius 2 is 1.86 bits per heavy atom. The van der Waals surface area contributed by atoms with Gasteiger partial charge in [-0.3, -0.25) is 0 Å². The highest BCUT2D eigenvalue weighted by molar-refractivity contribution is 5.75. The second-order valence-electron chi connectivity index (χ2n) is 3.76. The Bertz CT molecular complexity index is 341. The molecule has 0 amide bonds. The van der Waals surface area contributed by atoms with Crippen molar-refractivity contribution in [2.75, 3.05) is 0 Å². The van der Waals surface area contributed by atoms with Crippen LogP contribution < -0.4 is 0 Å². The van der Waals surface area contributed by atoms with Gasteiger partial charge in [0.15, 0.2) is 6.10 Å². The highest BCUT2D eigenvalue weighted by Crippen LogP contribution is 2.50. The summed E-state index contributed by atoms with van der Waals surface area (Å²) in [5.41, 5.74) is 0.405. The predicted molar refractivity (Wildman–Crippen MR) is 51.0 cm³/mol. The van der Waals surface area contributed by atoms with Gasteiger partial charge in [0.25, 0.3) is 0 Å². The Labute approximate surface area is 82.0 Å². The standard InChI is InChI=1S/C11H12O3/c12-9(10(13)14)11(6-7-11)8-4-2-1-3-5-8/h1-5,9,12H,6-7H2,(H,13,14). The zero-order valence-electron chi connectivity index (χ0n) is 7.68. The Kier molecular flexibility index (Phi) is 2.04. The molecule has 0 bridgehead atoms. The molecule has 2 N–H and O–H groups in total. The fourth-order valence-electron chi connectivity index (χ4n) is 1.86. The van der Waals surface area contributed by atoms with Crippen molar-refractivity contribution in [2.45, 2.75) is 24.4 Å². The van der Waals surface area contributed by atoms with E-state index in [1.54, 1.807) is 0 Å². The lowest BCUT2D eigenvalue weighted by Gasteiger charge is -2.18. The maximum Gasteiger partial charge on any atom is 0.333 e. The largest absolute Gasteiger partial charge is 0.479 e. The Hall–Kier alpha value is -1.35. The molecule has 3 nitrogen and oxygen atoms in total. The van der Waals surface area contributed by atoms with Gasteiger partial charge in [0, 0.05) is 5.41 Å². The quantitative estimate of drug-likeness (QED) is 0.755. The molecule has 0 radical (unpaired) electrons. The van der Waals surface area contributed by atoms with Crippen molar-refractivity contribution in [1.29, 1.82) is 0 Å². The average Bonchev–Trinajstić information content (AvgIpc) is 2.99. The average molecular weight is 192 g/mol. The molecule has 0 aliphatic heterocycles. The third-order valence-corrected chi connectivity index (χ3v) is 2.89. The second kappa shape index (κ2) is 3.10. The first-order chi connectivity index (χ1) is 6.67. The van der Waals surface area contributed by atoms with E-state index in [4.69, 9.17) is 5.11 Å². The molecular formula is C11H12O3. The molecule has 0 aromatic heterocycles. The first-order valence-corrected chi connectivity index (χ1v) is 4.63. The molecule has 1 atom stereocenters. The van der Waals surface area contributed by atoms with Crippen LogP contribution in [0, 0.1) is 0 Å². The number of rotatable bonds is 3. The minimum atomic E-state index is -1.27. The van der Waals surface area contributed by atoms with E-state index in [2.05, 4.69) is 0 Å². The maximum absolute atomic E-state index is 10.7. The fourth-order valence-corrected chi connectivity index (χ4v) is 1.86. The van der Waals surface area contributed by atoms with Gasteiger partial charge in [-0.2, -0.15) is 0 Å². The molecule has 1 aliphatic rings. The maximum atomic E-state index is 10.7. The summed E-state index contributed by atoms with van der Waals surface area (Å²) >= 11 is 0. The van der Waals surface area contributed by atoms with Crippen molar-refractivity contribution in [3.8, 4) is 0 Å². The number of aliphatic hydroxyl groups excluding tert-OH is 1. The van der Waals surface area contributed by atoms with Crippen LogP contribution in [0.1, 0.15) is 18.4 Å². The Morgan fingerprint density at radius 3 is 2.29 bits per heavy atom. The van der Waals surface area contributed by atoms with Crippen LogP contribution in [0.3, 0.4) is 0 Å². The number of carboxylic acid groups (broad SMARTS) is 1. The van der Waals surface area contributed by atoms with E-state index in [9.17, 15) is 9.90 Å². The van der Waals surface area contributed by atoms with Gasteiger partial charge in [-0.05, 0) is 18.4 Å². The fraction of sp³-hybridized carbons (Fsp3) is 0.364. The zero-order chi connectivity index (χ0) is 10.2. The normalized spacial score (nSPS) is 20.1. The van der Waals surface area contributed by atoms with Crippen molar-refractivity contribution in [1.82, 2.24) is 0 Å². The predicted octanol–water partition coefficient (Wildman–Crippen LogP) is 1.16. The molecule has 1 unspecified atom stereocenters. The minimum Gasteiger partial charge on any atom is -0.479 e. The molecule has 0 heterocycles. The number of carboxylic acids is 1. The van der Waals surface area contributed by atoms with Gasteiger partial charge in [-0.1, -0.05) is 30.3 Å². The summed E-state index contributed by atoms with van der Waals surface area (Å²) < 4.78 is 0. The van der Waals surface area contributed by atoms with Gasteiger partial charge in [0.2, 0.25) is 0 Å². The van der Waals surface area contributed by atoms with Crippen LogP contribution in [0.4, 0.5) is 0 Å². The molecule has 1 aromatic carbocycles. The molecule has 14 heavy (non-hydrogen) atoms. The lowest BCUT2D eigenvalue weighted by Crippen LogP contribution is -2.33. The van der Waals surface area contributed by atoms with Crippen molar-refractivity contribution in [3.05, 3.63) is 35.9 Å². The lowest BCUT2D eigenvalue weighted by molar-refractivity contribution is -0.148. The summed E-state index contributed by atoms with van der Waals surface area (Å²) in [7, 11) is 0. The summed E-state index contributed by atoms with van der Waals surface area (Å²) in [5.74, 6) is -1.13. The van der Waals surface area contributed by atoms with E-state index >= 15 is 0 Å². The summed E-state index contributed by atoms with van der Waals surface area (Å²) in [5, 5.41) is 18.3. The summed E-state index contributed by atoms with van der Waals surface area (Å²) in [4.78, 5) is 10.7. The number of hydrogen-bond acceptors (Lipinski definition) is 2. The van der Waals surface area contributed by atoms with Crippen molar-refractivity contribution < 1.29 is 15.0 Å². The summed E-state index contributed by atoms with van der Waals surface area (Å²) in [6.07, 6.45) is 0.236. The van der Waals surface area contributed by atoms with Gasteiger partial charge in [0.1, 0.15) is 0 Å². The van der Waals surface area contributed by atoms with Crippen LogP contribution in [0.25, 0.3) is 0 Å². The van der Waals surface area contributed by atoms with Crippen molar-refractivity contribution in [2.24, 2.45) is 0 Å². The second-order valence-corrected chi connectivity index (χ2v) is 3.76. The lowest BCUT2D eigenvalue weighted by atomic mass is 9.90. The van der Waals surface area contributed by atoms with Crippen LogP contribution in [0.2, 0.25) is 0 Å². The van der Waals surface area contributed by atoms with Gasteiger partial charge < -0.3 is 10.2 Å². The van der Waals surface area contributed by atoms with Gasteiger partial charge in [-0.15, -0.1) is 0 Å². The molecule has 1 saturated carbocycles. The van der Waals surface area contributed by atoms with Gasteiger partial charge >= 0.3 is 5.97 Å². The summed E-state index contributed by atoms with van der Waals surface area (Å²) in [6, 6.07) is 9.36. The van der Waals surface area contributed by atoms with Gasteiger partial charge in [0.05, 0.1) is 0 Å². The number of benzene rings is 1. The minimum absolute atomic E-state index is 0.521. The highest BCUT2D eigenvalue weighted by atomic mass is 16.4. The Balaban J connectivity index is 2.30. The van der Waals surface area contributed by atoms with E-state index in [1.807, 2.05) is 30.3 Å². The van der Waals surface area contributed by atoms with E-state index < -0.39 is 17.5 Å². The number of carbonyl (C=O) groups is 1. The van der Waals surface area contributed by atoms with E-state index in [0.29, 0.717) is 0 Å². The van der Waals surface area contributed by atoms with E-state index in [0.717, 1.165) is 18.4 Å².